The van der Waals surface area contributed by atoms with Gasteiger partial charge < -0.3 is 25.3 Å². The summed E-state index contributed by atoms with van der Waals surface area (Å²) in [5.74, 6) is -0.828. The predicted octanol–water partition coefficient (Wildman–Crippen LogP) is 1.06. The van der Waals surface area contributed by atoms with Crippen molar-refractivity contribution in [2.24, 2.45) is 16.6 Å². The van der Waals surface area contributed by atoms with Crippen molar-refractivity contribution in [2.45, 2.75) is 5.54 Å². The second kappa shape index (κ2) is 7.04. The molecule has 2 atom stereocenters. The second-order valence-electron chi connectivity index (χ2n) is 6.49. The van der Waals surface area contributed by atoms with Gasteiger partial charge in [0, 0.05) is 17.2 Å². The number of anilines is 1. The van der Waals surface area contributed by atoms with E-state index in [-0.39, 0.29) is 30.8 Å². The molecule has 9 nitrogen and oxygen atoms in total. The largest absolute Gasteiger partial charge is 0.480 e. The minimum atomic E-state index is -0.979. The number of hydrogen-bond acceptors (Lipinski definition) is 8. The first-order valence-electron chi connectivity index (χ1n) is 8.55. The Morgan fingerprint density at radius 3 is 2.96 bits per heavy atom. The van der Waals surface area contributed by atoms with Gasteiger partial charge in [0.25, 0.3) is 11.9 Å². The number of aromatic nitrogens is 2. The smallest absolute Gasteiger partial charge is 0.282 e. The Labute approximate surface area is 159 Å². The molecule has 3 heterocycles. The molecule has 2 aliphatic rings. The summed E-state index contributed by atoms with van der Waals surface area (Å²) >= 11 is 0. The number of amides is 1. The minimum absolute atomic E-state index is 0.0101. The van der Waals surface area contributed by atoms with Crippen LogP contribution in [-0.2, 0) is 15.0 Å². The van der Waals surface area contributed by atoms with Crippen LogP contribution in [0.4, 0.5) is 10.1 Å². The van der Waals surface area contributed by atoms with Crippen molar-refractivity contribution >= 4 is 17.6 Å². The molecule has 0 aliphatic carbocycles. The quantitative estimate of drug-likeness (QED) is 0.805. The molecule has 1 fully saturated rings. The summed E-state index contributed by atoms with van der Waals surface area (Å²) in [4.78, 5) is 24.7. The van der Waals surface area contributed by atoms with E-state index in [1.54, 1.807) is 0 Å². The van der Waals surface area contributed by atoms with E-state index in [0.717, 1.165) is 0 Å². The zero-order valence-electron chi connectivity index (χ0n) is 15.0. The minimum Gasteiger partial charge on any atom is -0.480 e. The molecule has 0 bridgehead atoms. The lowest BCUT2D eigenvalue weighted by atomic mass is 9.80. The number of carbonyl (C=O) groups excluding carboxylic acids is 1. The molecule has 2 aliphatic heterocycles. The molecule has 0 spiro atoms. The summed E-state index contributed by atoms with van der Waals surface area (Å²) in [5.41, 5.74) is 5.53. The number of methoxy groups -OCH3 is 1. The van der Waals surface area contributed by atoms with Gasteiger partial charge in [-0.05, 0) is 18.2 Å². The van der Waals surface area contributed by atoms with E-state index in [4.69, 9.17) is 19.9 Å². The van der Waals surface area contributed by atoms with Crippen molar-refractivity contribution < 1.29 is 23.4 Å². The predicted molar refractivity (Wildman–Crippen MR) is 96.5 cm³/mol. The van der Waals surface area contributed by atoms with Crippen LogP contribution in [0.2, 0.25) is 0 Å². The number of halogens is 1. The summed E-state index contributed by atoms with van der Waals surface area (Å²) < 4.78 is 30.4. The van der Waals surface area contributed by atoms with Gasteiger partial charge in [0.05, 0.1) is 39.3 Å². The van der Waals surface area contributed by atoms with E-state index in [1.807, 2.05) is 0 Å². The van der Waals surface area contributed by atoms with Gasteiger partial charge in [-0.15, -0.1) is 0 Å². The number of aliphatic imine (C=N–C) groups is 1. The average Bonchev–Trinajstić information content (AvgIpc) is 3.13. The summed E-state index contributed by atoms with van der Waals surface area (Å²) in [6, 6.07) is 4.26. The Hall–Kier alpha value is -3.27. The van der Waals surface area contributed by atoms with Gasteiger partial charge in [-0.2, -0.15) is 0 Å². The van der Waals surface area contributed by atoms with Crippen molar-refractivity contribution in [2.75, 3.05) is 32.2 Å². The van der Waals surface area contributed by atoms with E-state index < -0.39 is 17.3 Å². The molecule has 0 saturated carbocycles. The molecule has 28 heavy (non-hydrogen) atoms. The molecule has 1 aromatic carbocycles. The van der Waals surface area contributed by atoms with Gasteiger partial charge in [0.1, 0.15) is 17.1 Å². The fourth-order valence-corrected chi connectivity index (χ4v) is 3.36. The highest BCUT2D eigenvalue weighted by molar-refractivity contribution is 6.02. The van der Waals surface area contributed by atoms with E-state index in [9.17, 15) is 9.18 Å². The van der Waals surface area contributed by atoms with Crippen molar-refractivity contribution in [3.63, 3.8) is 0 Å². The standard InChI is InChI=1S/C18H18FN5O4/c1-26-15-6-21-14(5-22-15)16(25)23-11-2-3-13(19)12(4-11)18-9-27-7-10(18)8-28-17(20)24-18/h2-6,10H,7-9H2,1H3,(H2,20,24)(H,23,25). The highest BCUT2D eigenvalue weighted by Crippen LogP contribution is 2.43. The van der Waals surface area contributed by atoms with Crippen LogP contribution < -0.4 is 15.8 Å². The van der Waals surface area contributed by atoms with Crippen LogP contribution >= 0.6 is 0 Å². The molecule has 2 aromatic rings. The first kappa shape index (κ1) is 18.1. The monoisotopic (exact) mass is 387 g/mol. The van der Waals surface area contributed by atoms with Crippen molar-refractivity contribution in [3.8, 4) is 5.88 Å². The Morgan fingerprint density at radius 1 is 1.36 bits per heavy atom. The van der Waals surface area contributed by atoms with Gasteiger partial charge >= 0.3 is 0 Å². The zero-order chi connectivity index (χ0) is 19.7. The summed E-state index contributed by atoms with van der Waals surface area (Å²) in [6.45, 7) is 0.848. The number of nitrogens with one attached hydrogen (secondary N) is 1. The number of carbonyl (C=O) groups is 1. The molecule has 3 N–H and O–H groups in total. The van der Waals surface area contributed by atoms with Crippen molar-refractivity contribution in [1.29, 1.82) is 0 Å². The van der Waals surface area contributed by atoms with Crippen LogP contribution in [0.1, 0.15) is 16.1 Å². The number of nitrogens with two attached hydrogens (primary N) is 1. The van der Waals surface area contributed by atoms with Gasteiger partial charge in [-0.1, -0.05) is 0 Å². The Kier molecular flexibility index (Phi) is 4.55. The number of rotatable bonds is 4. The van der Waals surface area contributed by atoms with Crippen molar-refractivity contribution in [3.05, 3.63) is 47.7 Å². The van der Waals surface area contributed by atoms with Crippen LogP contribution in [0.3, 0.4) is 0 Å². The lowest BCUT2D eigenvalue weighted by Crippen LogP contribution is -2.43. The normalized spacial score (nSPS) is 23.4. The van der Waals surface area contributed by atoms with Gasteiger partial charge in [0.15, 0.2) is 0 Å². The number of hydrogen-bond donors (Lipinski definition) is 2. The fraction of sp³-hybridized carbons (Fsp3) is 0.333. The molecule has 1 saturated heterocycles. The molecule has 146 valence electrons. The molecule has 0 radical (unpaired) electrons. The topological polar surface area (TPSA) is 121 Å². The lowest BCUT2D eigenvalue weighted by Gasteiger charge is -2.34. The molecular formula is C18H18FN5O4. The fourth-order valence-electron chi connectivity index (χ4n) is 3.36. The van der Waals surface area contributed by atoms with Gasteiger partial charge in [-0.25, -0.2) is 19.4 Å². The van der Waals surface area contributed by atoms with E-state index in [0.29, 0.717) is 23.7 Å². The van der Waals surface area contributed by atoms with Crippen LogP contribution in [0.15, 0.2) is 35.6 Å². The third kappa shape index (κ3) is 3.11. The summed E-state index contributed by atoms with van der Waals surface area (Å²) in [7, 11) is 1.45. The molecule has 1 aromatic heterocycles. The first-order valence-corrected chi connectivity index (χ1v) is 8.55. The zero-order valence-corrected chi connectivity index (χ0v) is 15.0. The second-order valence-corrected chi connectivity index (χ2v) is 6.49. The number of benzene rings is 1. The third-order valence-electron chi connectivity index (χ3n) is 4.82. The van der Waals surface area contributed by atoms with E-state index in [1.165, 1.54) is 37.7 Å². The molecule has 10 heteroatoms. The Balaban J connectivity index is 1.64. The highest BCUT2D eigenvalue weighted by atomic mass is 19.1. The average molecular weight is 387 g/mol. The van der Waals surface area contributed by atoms with Gasteiger partial charge in [0.2, 0.25) is 5.88 Å². The maximum Gasteiger partial charge on any atom is 0.282 e. The molecule has 1 amide bonds. The lowest BCUT2D eigenvalue weighted by molar-refractivity contribution is 0.102. The number of ether oxygens (including phenoxy) is 3. The van der Waals surface area contributed by atoms with Crippen molar-refractivity contribution in [1.82, 2.24) is 9.97 Å². The summed E-state index contributed by atoms with van der Waals surface area (Å²) in [6.07, 6.45) is 2.63. The molecule has 4 rings (SSSR count). The highest BCUT2D eigenvalue weighted by Gasteiger charge is 2.50. The Morgan fingerprint density at radius 2 is 2.21 bits per heavy atom. The van der Waals surface area contributed by atoms with Gasteiger partial charge in [-0.3, -0.25) is 4.79 Å². The number of fused-ring (bicyclic) bond motifs is 1. The van der Waals surface area contributed by atoms with E-state index in [2.05, 4.69) is 20.3 Å². The molecule has 2 unspecified atom stereocenters. The maximum atomic E-state index is 14.7. The third-order valence-corrected chi connectivity index (χ3v) is 4.82. The SMILES string of the molecule is COc1cnc(C(=O)Nc2ccc(F)c(C34COCC3COC(N)=N4)c2)cn1. The Bertz CT molecular complexity index is 936. The first-order chi connectivity index (χ1) is 13.5. The van der Waals surface area contributed by atoms with Crippen LogP contribution in [-0.4, -0.2) is 48.8 Å². The maximum absolute atomic E-state index is 14.7. The van der Waals surface area contributed by atoms with Crippen LogP contribution in [0.25, 0.3) is 0 Å². The van der Waals surface area contributed by atoms with Crippen LogP contribution in [0, 0.1) is 11.7 Å². The van der Waals surface area contributed by atoms with Crippen LogP contribution in [0.5, 0.6) is 5.88 Å². The number of amidine groups is 1. The summed E-state index contributed by atoms with van der Waals surface area (Å²) in [5, 5.41) is 2.69. The molecular weight excluding hydrogens is 369 g/mol. The van der Waals surface area contributed by atoms with E-state index >= 15 is 0 Å². The number of nitrogens with zero attached hydrogens (tertiary/aromatic N) is 3.